The van der Waals surface area contributed by atoms with E-state index in [9.17, 15) is 4.79 Å². The zero-order valence-electron chi connectivity index (χ0n) is 16.1. The fourth-order valence-corrected chi connectivity index (χ4v) is 4.43. The minimum atomic E-state index is 0.0172. The molecule has 4 nitrogen and oxygen atoms in total. The molecule has 2 N–H and O–H groups in total. The minimum Gasteiger partial charge on any atom is -0.496 e. The van der Waals surface area contributed by atoms with Crippen LogP contribution < -0.4 is 15.4 Å². The van der Waals surface area contributed by atoms with E-state index in [0.29, 0.717) is 0 Å². The number of piperidine rings is 1. The Morgan fingerprint density at radius 2 is 1.85 bits per heavy atom. The number of ether oxygens (including phenoxy) is 1. The summed E-state index contributed by atoms with van der Waals surface area (Å²) in [6, 6.07) is 16.4. The third-order valence-corrected chi connectivity index (χ3v) is 6.29. The van der Waals surface area contributed by atoms with Crippen LogP contribution in [-0.4, -0.2) is 26.1 Å². The van der Waals surface area contributed by atoms with E-state index in [-0.39, 0.29) is 23.3 Å². The normalized spacial score (nSPS) is 21.5. The van der Waals surface area contributed by atoms with Crippen molar-refractivity contribution in [3.05, 3.63) is 54.1 Å². The lowest BCUT2D eigenvalue weighted by atomic mass is 9.91. The predicted molar refractivity (Wildman–Crippen MR) is 108 cm³/mol. The fraction of sp³-hybridized carbons (Fsp3) is 0.435. The van der Waals surface area contributed by atoms with Crippen molar-refractivity contribution in [2.24, 2.45) is 11.3 Å². The highest BCUT2D eigenvalue weighted by atomic mass is 16.5. The van der Waals surface area contributed by atoms with Crippen LogP contribution in [0.2, 0.25) is 0 Å². The van der Waals surface area contributed by atoms with E-state index >= 15 is 0 Å². The van der Waals surface area contributed by atoms with Crippen molar-refractivity contribution in [3.8, 4) is 16.9 Å². The van der Waals surface area contributed by atoms with E-state index < -0.39 is 0 Å². The van der Waals surface area contributed by atoms with Gasteiger partial charge in [0.25, 0.3) is 0 Å². The number of carbonyl (C=O) groups excluding carboxylic acids is 1. The van der Waals surface area contributed by atoms with Gasteiger partial charge in [-0.2, -0.15) is 0 Å². The first-order valence-electron chi connectivity index (χ1n) is 9.87. The molecule has 2 fully saturated rings. The molecule has 1 spiro atoms. The van der Waals surface area contributed by atoms with E-state index in [4.69, 9.17) is 4.74 Å². The minimum absolute atomic E-state index is 0.0172. The number of hydrogen-bond donors (Lipinski definition) is 2. The summed E-state index contributed by atoms with van der Waals surface area (Å²) in [6.45, 7) is 4.15. The lowest BCUT2D eigenvalue weighted by Crippen LogP contribution is -2.34. The van der Waals surface area contributed by atoms with Crippen molar-refractivity contribution in [1.82, 2.24) is 10.6 Å². The molecule has 2 aliphatic rings. The zero-order valence-corrected chi connectivity index (χ0v) is 16.1. The second-order valence-electron chi connectivity index (χ2n) is 7.92. The SMILES string of the molecule is COc1ccccc1-c1ccc(C(C)NC(=O)C2CC23CCNCC3)cc1. The van der Waals surface area contributed by atoms with Crippen LogP contribution in [0.25, 0.3) is 11.1 Å². The van der Waals surface area contributed by atoms with E-state index in [1.165, 1.54) is 0 Å². The van der Waals surface area contributed by atoms with Gasteiger partial charge in [0.05, 0.1) is 13.2 Å². The Labute approximate surface area is 161 Å². The molecule has 1 amide bonds. The second-order valence-corrected chi connectivity index (χ2v) is 7.92. The van der Waals surface area contributed by atoms with Crippen molar-refractivity contribution in [3.63, 3.8) is 0 Å². The molecular weight excluding hydrogens is 336 g/mol. The molecule has 1 saturated heterocycles. The van der Waals surface area contributed by atoms with Gasteiger partial charge < -0.3 is 15.4 Å². The first kappa shape index (κ1) is 18.1. The monoisotopic (exact) mass is 364 g/mol. The standard InChI is InChI=1S/C23H28N2O2/c1-16(25-22(26)20-15-23(20)11-13-24-14-12-23)17-7-9-18(10-8-17)19-5-3-4-6-21(19)27-2/h3-10,16,20,24H,11-15H2,1-2H3,(H,25,26). The Bertz CT molecular complexity index is 809. The van der Waals surface area contributed by atoms with Gasteiger partial charge in [0.1, 0.15) is 5.75 Å². The number of methoxy groups -OCH3 is 1. The Morgan fingerprint density at radius 3 is 2.56 bits per heavy atom. The van der Waals surface area contributed by atoms with Gasteiger partial charge >= 0.3 is 0 Å². The maximum atomic E-state index is 12.7. The first-order valence-corrected chi connectivity index (χ1v) is 9.87. The summed E-state index contributed by atoms with van der Waals surface area (Å²) in [4.78, 5) is 12.7. The summed E-state index contributed by atoms with van der Waals surface area (Å²) in [5.74, 6) is 1.29. The highest BCUT2D eigenvalue weighted by molar-refractivity contribution is 5.83. The number of amides is 1. The van der Waals surface area contributed by atoms with Crippen LogP contribution in [0.5, 0.6) is 5.75 Å². The van der Waals surface area contributed by atoms with Gasteiger partial charge in [-0.05, 0) is 61.9 Å². The fourth-order valence-electron chi connectivity index (χ4n) is 4.43. The number of hydrogen-bond acceptors (Lipinski definition) is 3. The molecule has 27 heavy (non-hydrogen) atoms. The van der Waals surface area contributed by atoms with Crippen LogP contribution in [0, 0.1) is 11.3 Å². The average molecular weight is 364 g/mol. The predicted octanol–water partition coefficient (Wildman–Crippen LogP) is 3.93. The summed E-state index contributed by atoms with van der Waals surface area (Å²) in [7, 11) is 1.69. The van der Waals surface area contributed by atoms with Crippen LogP contribution in [0.1, 0.15) is 37.8 Å². The van der Waals surface area contributed by atoms with E-state index in [2.05, 4.69) is 47.9 Å². The molecule has 4 rings (SSSR count). The number of nitrogens with one attached hydrogen (secondary N) is 2. The number of rotatable bonds is 5. The third kappa shape index (κ3) is 3.59. The van der Waals surface area contributed by atoms with Gasteiger partial charge in [0.2, 0.25) is 5.91 Å². The molecule has 1 aliphatic carbocycles. The van der Waals surface area contributed by atoms with E-state index in [0.717, 1.165) is 54.8 Å². The molecule has 0 aromatic heterocycles. The summed E-state index contributed by atoms with van der Waals surface area (Å²) >= 11 is 0. The topological polar surface area (TPSA) is 50.4 Å². The molecular formula is C23H28N2O2. The lowest BCUT2D eigenvalue weighted by Gasteiger charge is -2.24. The molecule has 1 aliphatic heterocycles. The molecule has 2 aromatic rings. The van der Waals surface area contributed by atoms with Crippen molar-refractivity contribution in [2.45, 2.75) is 32.2 Å². The van der Waals surface area contributed by atoms with Crippen molar-refractivity contribution in [1.29, 1.82) is 0 Å². The molecule has 1 heterocycles. The maximum Gasteiger partial charge on any atom is 0.224 e. The zero-order chi connectivity index (χ0) is 18.9. The quantitative estimate of drug-likeness (QED) is 0.845. The molecule has 1 saturated carbocycles. The van der Waals surface area contributed by atoms with Crippen LogP contribution in [-0.2, 0) is 4.79 Å². The Kier molecular flexibility index (Phi) is 4.92. The molecule has 2 aromatic carbocycles. The maximum absolute atomic E-state index is 12.7. The molecule has 2 atom stereocenters. The largest absolute Gasteiger partial charge is 0.496 e. The number of para-hydroxylation sites is 1. The van der Waals surface area contributed by atoms with Crippen LogP contribution >= 0.6 is 0 Å². The Balaban J connectivity index is 1.41. The van der Waals surface area contributed by atoms with E-state index in [1.54, 1.807) is 7.11 Å². The van der Waals surface area contributed by atoms with Gasteiger partial charge in [-0.3, -0.25) is 4.79 Å². The molecule has 142 valence electrons. The van der Waals surface area contributed by atoms with Gasteiger partial charge in [-0.15, -0.1) is 0 Å². The summed E-state index contributed by atoms with van der Waals surface area (Å²) in [5.41, 5.74) is 3.60. The van der Waals surface area contributed by atoms with Crippen molar-refractivity contribution >= 4 is 5.91 Å². The number of benzene rings is 2. The Morgan fingerprint density at radius 1 is 1.15 bits per heavy atom. The highest BCUT2D eigenvalue weighted by Crippen LogP contribution is 2.58. The van der Waals surface area contributed by atoms with Crippen molar-refractivity contribution < 1.29 is 9.53 Å². The van der Waals surface area contributed by atoms with Crippen LogP contribution in [0.4, 0.5) is 0 Å². The van der Waals surface area contributed by atoms with Gasteiger partial charge in [-0.1, -0.05) is 42.5 Å². The molecule has 4 heteroatoms. The van der Waals surface area contributed by atoms with Crippen molar-refractivity contribution in [2.75, 3.05) is 20.2 Å². The van der Waals surface area contributed by atoms with Gasteiger partial charge in [0, 0.05) is 11.5 Å². The number of carbonyl (C=O) groups is 1. The van der Waals surface area contributed by atoms with Crippen LogP contribution in [0.3, 0.4) is 0 Å². The molecule has 2 unspecified atom stereocenters. The van der Waals surface area contributed by atoms with Gasteiger partial charge in [0.15, 0.2) is 0 Å². The smallest absolute Gasteiger partial charge is 0.224 e. The second kappa shape index (κ2) is 7.35. The average Bonchev–Trinajstić information content (AvgIpc) is 3.41. The summed E-state index contributed by atoms with van der Waals surface area (Å²) in [5, 5.41) is 6.62. The summed E-state index contributed by atoms with van der Waals surface area (Å²) < 4.78 is 5.46. The Hall–Kier alpha value is -2.33. The third-order valence-electron chi connectivity index (χ3n) is 6.29. The van der Waals surface area contributed by atoms with Crippen LogP contribution in [0.15, 0.2) is 48.5 Å². The molecule has 0 bridgehead atoms. The van der Waals surface area contributed by atoms with Gasteiger partial charge in [-0.25, -0.2) is 0 Å². The lowest BCUT2D eigenvalue weighted by molar-refractivity contribution is -0.123. The summed E-state index contributed by atoms with van der Waals surface area (Å²) in [6.07, 6.45) is 3.32. The van der Waals surface area contributed by atoms with E-state index in [1.807, 2.05) is 18.2 Å². The molecule has 0 radical (unpaired) electrons. The first-order chi connectivity index (χ1) is 13.1. The highest BCUT2D eigenvalue weighted by Gasteiger charge is 2.57.